The number of halogens is 1. The summed E-state index contributed by atoms with van der Waals surface area (Å²) in [5, 5.41) is 3.21. The van der Waals surface area contributed by atoms with E-state index in [1.54, 1.807) is 12.1 Å². The molecule has 0 saturated heterocycles. The van der Waals surface area contributed by atoms with Gasteiger partial charge in [0.15, 0.2) is 0 Å². The Hall–Kier alpha value is -1.81. The van der Waals surface area contributed by atoms with E-state index in [0.29, 0.717) is 19.5 Å². The maximum atomic E-state index is 13.5. The Morgan fingerprint density at radius 2 is 1.83 bits per heavy atom. The van der Waals surface area contributed by atoms with Crippen LogP contribution in [0.3, 0.4) is 0 Å². The standard InChI is InChI=1S/C20H24FNO5S2/c21-17-6-2-7-18(13-17)29(26,27)19-8-9-20-15(12-19)4-1-5-16(20)14-22-10-3-11-28(23,24)25/h2,6-9,12-13,16,22H,1,3-5,10-11,14H2,(H,23,24,25)/t16-/m0/s1. The quantitative estimate of drug-likeness (QED) is 0.483. The summed E-state index contributed by atoms with van der Waals surface area (Å²) >= 11 is 0. The van der Waals surface area contributed by atoms with Crippen LogP contribution in [0.15, 0.2) is 52.3 Å². The number of rotatable bonds is 8. The van der Waals surface area contributed by atoms with Crippen LogP contribution >= 0.6 is 0 Å². The molecule has 1 aliphatic rings. The smallest absolute Gasteiger partial charge is 0.264 e. The molecule has 2 aromatic rings. The molecule has 29 heavy (non-hydrogen) atoms. The molecule has 0 aliphatic heterocycles. The minimum Gasteiger partial charge on any atom is -0.316 e. The van der Waals surface area contributed by atoms with Crippen LogP contribution in [0.1, 0.15) is 36.3 Å². The highest BCUT2D eigenvalue weighted by atomic mass is 32.2. The number of aryl methyl sites for hydroxylation is 1. The fourth-order valence-electron chi connectivity index (χ4n) is 3.70. The van der Waals surface area contributed by atoms with Crippen molar-refractivity contribution in [2.24, 2.45) is 0 Å². The fraction of sp³-hybridized carbons (Fsp3) is 0.400. The highest BCUT2D eigenvalue weighted by molar-refractivity contribution is 7.91. The number of sulfone groups is 1. The first-order chi connectivity index (χ1) is 13.7. The van der Waals surface area contributed by atoms with Gasteiger partial charge < -0.3 is 5.32 Å². The molecule has 0 radical (unpaired) electrons. The van der Waals surface area contributed by atoms with Gasteiger partial charge in [-0.2, -0.15) is 8.42 Å². The van der Waals surface area contributed by atoms with Crippen molar-refractivity contribution in [3.05, 3.63) is 59.4 Å². The van der Waals surface area contributed by atoms with Gasteiger partial charge in [-0.25, -0.2) is 12.8 Å². The van der Waals surface area contributed by atoms with Crippen molar-refractivity contribution in [3.8, 4) is 0 Å². The van der Waals surface area contributed by atoms with Crippen LogP contribution in [0.25, 0.3) is 0 Å². The third kappa shape index (κ3) is 5.63. The van der Waals surface area contributed by atoms with E-state index in [-0.39, 0.29) is 21.5 Å². The molecule has 9 heteroatoms. The Bertz CT molecular complexity index is 1080. The molecular weight excluding hydrogens is 417 g/mol. The maximum Gasteiger partial charge on any atom is 0.264 e. The van der Waals surface area contributed by atoms with E-state index in [1.165, 1.54) is 18.2 Å². The molecular formula is C20H24FNO5S2. The zero-order valence-electron chi connectivity index (χ0n) is 15.8. The van der Waals surface area contributed by atoms with Crippen LogP contribution in [0, 0.1) is 5.82 Å². The highest BCUT2D eigenvalue weighted by Gasteiger charge is 2.24. The normalized spacial score (nSPS) is 17.1. The predicted molar refractivity (Wildman–Crippen MR) is 108 cm³/mol. The molecule has 1 aliphatic carbocycles. The molecule has 0 saturated carbocycles. The van der Waals surface area contributed by atoms with Gasteiger partial charge in [-0.15, -0.1) is 0 Å². The third-order valence-corrected chi connectivity index (χ3v) is 7.67. The van der Waals surface area contributed by atoms with Gasteiger partial charge in [-0.05, 0) is 79.6 Å². The minimum atomic E-state index is -3.94. The molecule has 6 nitrogen and oxygen atoms in total. The second-order valence-corrected chi connectivity index (χ2v) is 10.8. The van der Waals surface area contributed by atoms with Crippen molar-refractivity contribution >= 4 is 20.0 Å². The third-order valence-electron chi connectivity index (χ3n) is 5.12. The zero-order chi connectivity index (χ0) is 21.1. The van der Waals surface area contributed by atoms with E-state index >= 15 is 0 Å². The Morgan fingerprint density at radius 1 is 1.07 bits per heavy atom. The predicted octanol–water partition coefficient (Wildman–Crippen LogP) is 2.95. The van der Waals surface area contributed by atoms with Crippen molar-refractivity contribution in [2.45, 2.75) is 41.4 Å². The molecule has 0 heterocycles. The Balaban J connectivity index is 1.72. The number of nitrogens with one attached hydrogen (secondary N) is 1. The largest absolute Gasteiger partial charge is 0.316 e. The molecule has 3 rings (SSSR count). The number of hydrogen-bond donors (Lipinski definition) is 2. The summed E-state index contributed by atoms with van der Waals surface area (Å²) < 4.78 is 69.4. The highest BCUT2D eigenvalue weighted by Crippen LogP contribution is 2.34. The first-order valence-electron chi connectivity index (χ1n) is 9.46. The van der Waals surface area contributed by atoms with Gasteiger partial charge in [-0.1, -0.05) is 12.1 Å². The van der Waals surface area contributed by atoms with Crippen molar-refractivity contribution in [1.82, 2.24) is 5.32 Å². The maximum absolute atomic E-state index is 13.5. The summed E-state index contributed by atoms with van der Waals surface area (Å²) in [6, 6.07) is 10.1. The van der Waals surface area contributed by atoms with Gasteiger partial charge in [0.2, 0.25) is 9.84 Å². The van der Waals surface area contributed by atoms with Crippen LogP contribution in [-0.4, -0.2) is 40.2 Å². The lowest BCUT2D eigenvalue weighted by Crippen LogP contribution is -2.26. The second-order valence-electron chi connectivity index (χ2n) is 7.25. The fourth-order valence-corrected chi connectivity index (χ4v) is 5.55. The molecule has 2 N–H and O–H groups in total. The van der Waals surface area contributed by atoms with E-state index < -0.39 is 25.8 Å². The number of fused-ring (bicyclic) bond motifs is 1. The molecule has 0 fully saturated rings. The number of hydrogen-bond acceptors (Lipinski definition) is 5. The molecule has 0 aromatic heterocycles. The average Bonchev–Trinajstić information content (AvgIpc) is 2.66. The molecule has 0 spiro atoms. The van der Waals surface area contributed by atoms with Crippen LogP contribution in [0.2, 0.25) is 0 Å². The molecule has 158 valence electrons. The lowest BCUT2D eigenvalue weighted by molar-refractivity contribution is 0.475. The van der Waals surface area contributed by atoms with Crippen molar-refractivity contribution < 1.29 is 25.8 Å². The molecule has 1 atom stereocenters. The van der Waals surface area contributed by atoms with Gasteiger partial charge in [0.25, 0.3) is 10.1 Å². The lowest BCUT2D eigenvalue weighted by Gasteiger charge is -2.26. The Morgan fingerprint density at radius 3 is 2.55 bits per heavy atom. The summed E-state index contributed by atoms with van der Waals surface area (Å²) in [7, 11) is -7.73. The summed E-state index contributed by atoms with van der Waals surface area (Å²) in [5.74, 6) is -0.665. The molecule has 0 unspecified atom stereocenters. The summed E-state index contributed by atoms with van der Waals surface area (Å²) in [4.78, 5) is 0.0916. The topological polar surface area (TPSA) is 101 Å². The molecule has 0 amide bonds. The minimum absolute atomic E-state index is 0.0645. The monoisotopic (exact) mass is 441 g/mol. The number of benzene rings is 2. The van der Waals surface area contributed by atoms with Crippen molar-refractivity contribution in [2.75, 3.05) is 18.8 Å². The Labute approximate surface area is 170 Å². The summed E-state index contributed by atoms with van der Waals surface area (Å²) in [6.45, 7) is 1.12. The first-order valence-corrected chi connectivity index (χ1v) is 12.6. The first kappa shape index (κ1) is 21.9. The lowest BCUT2D eigenvalue weighted by atomic mass is 9.83. The molecule has 2 aromatic carbocycles. The van der Waals surface area contributed by atoms with Crippen LogP contribution < -0.4 is 5.32 Å². The SMILES string of the molecule is O=S(=O)(O)CCCNC[C@@H]1CCCc2cc(S(=O)(=O)c3cccc(F)c3)ccc21. The van der Waals surface area contributed by atoms with Gasteiger partial charge in [0.1, 0.15) is 5.82 Å². The van der Waals surface area contributed by atoms with E-state index in [4.69, 9.17) is 4.55 Å². The van der Waals surface area contributed by atoms with Crippen molar-refractivity contribution in [1.29, 1.82) is 0 Å². The van der Waals surface area contributed by atoms with Crippen LogP contribution in [0.4, 0.5) is 4.39 Å². The van der Waals surface area contributed by atoms with E-state index in [2.05, 4.69) is 5.32 Å². The van der Waals surface area contributed by atoms with E-state index in [0.717, 1.165) is 36.5 Å². The van der Waals surface area contributed by atoms with Crippen LogP contribution in [0.5, 0.6) is 0 Å². The molecule has 0 bridgehead atoms. The summed E-state index contributed by atoms with van der Waals surface area (Å²) in [5.41, 5.74) is 2.05. The zero-order valence-corrected chi connectivity index (χ0v) is 17.5. The van der Waals surface area contributed by atoms with Gasteiger partial charge in [0, 0.05) is 6.54 Å². The second kappa shape index (κ2) is 8.91. The van der Waals surface area contributed by atoms with Gasteiger partial charge in [0.05, 0.1) is 15.5 Å². The van der Waals surface area contributed by atoms with E-state index in [9.17, 15) is 21.2 Å². The van der Waals surface area contributed by atoms with E-state index in [1.807, 2.05) is 6.07 Å². The van der Waals surface area contributed by atoms with Crippen LogP contribution in [-0.2, 0) is 26.4 Å². The summed E-state index contributed by atoms with van der Waals surface area (Å²) in [6.07, 6.45) is 2.98. The van der Waals surface area contributed by atoms with Crippen molar-refractivity contribution in [3.63, 3.8) is 0 Å². The Kier molecular flexibility index (Phi) is 6.72. The average molecular weight is 442 g/mol. The van der Waals surface area contributed by atoms with Gasteiger partial charge in [-0.3, -0.25) is 4.55 Å². The van der Waals surface area contributed by atoms with Gasteiger partial charge >= 0.3 is 0 Å².